The van der Waals surface area contributed by atoms with Gasteiger partial charge in [0.2, 0.25) is 0 Å². The van der Waals surface area contributed by atoms with Crippen molar-refractivity contribution in [1.82, 2.24) is 25.0 Å². The van der Waals surface area contributed by atoms with Crippen LogP contribution in [0.15, 0.2) is 36.8 Å². The number of carbonyl (C=O) groups is 1. The summed E-state index contributed by atoms with van der Waals surface area (Å²) in [6.45, 7) is 3.87. The predicted octanol–water partition coefficient (Wildman–Crippen LogP) is 1.32. The molecule has 2 aromatic heterocycles. The third-order valence-electron chi connectivity index (χ3n) is 4.50. The van der Waals surface area contributed by atoms with Crippen molar-refractivity contribution in [3.8, 4) is 0 Å². The summed E-state index contributed by atoms with van der Waals surface area (Å²) in [5.41, 5.74) is 1.86. The molecule has 1 unspecified atom stereocenters. The molecule has 134 valence electrons. The number of hydrogen-bond donors (Lipinski definition) is 1. The first-order valence-electron chi connectivity index (χ1n) is 8.70. The van der Waals surface area contributed by atoms with Crippen LogP contribution in [0.4, 0.5) is 0 Å². The number of nitrogens with zero attached hydrogens (tertiary/aromatic N) is 4. The van der Waals surface area contributed by atoms with Crippen LogP contribution in [-0.4, -0.2) is 58.4 Å². The second kappa shape index (κ2) is 8.73. The zero-order chi connectivity index (χ0) is 17.5. The van der Waals surface area contributed by atoms with Crippen LogP contribution in [0.3, 0.4) is 0 Å². The van der Waals surface area contributed by atoms with Gasteiger partial charge in [0, 0.05) is 70.1 Å². The first-order valence-corrected chi connectivity index (χ1v) is 8.70. The van der Waals surface area contributed by atoms with Crippen molar-refractivity contribution < 1.29 is 9.53 Å². The van der Waals surface area contributed by atoms with Gasteiger partial charge in [-0.2, -0.15) is 5.10 Å². The SMILES string of the molecule is COCCCn1nccc1CNC1CCN(C(=O)c2ccncc2)C1. The molecule has 1 aliphatic heterocycles. The number of aromatic nitrogens is 3. The van der Waals surface area contributed by atoms with E-state index in [1.54, 1.807) is 31.6 Å². The van der Waals surface area contributed by atoms with E-state index in [-0.39, 0.29) is 5.91 Å². The number of methoxy groups -OCH3 is 1. The maximum absolute atomic E-state index is 12.5. The third-order valence-corrected chi connectivity index (χ3v) is 4.50. The zero-order valence-corrected chi connectivity index (χ0v) is 14.6. The van der Waals surface area contributed by atoms with E-state index in [0.29, 0.717) is 11.6 Å². The summed E-state index contributed by atoms with van der Waals surface area (Å²) in [5, 5.41) is 7.92. The average Bonchev–Trinajstić information content (AvgIpc) is 3.29. The van der Waals surface area contributed by atoms with Crippen molar-refractivity contribution >= 4 is 5.91 Å². The molecule has 7 nitrogen and oxygen atoms in total. The molecule has 1 atom stereocenters. The Labute approximate surface area is 148 Å². The van der Waals surface area contributed by atoms with E-state index in [0.717, 1.165) is 51.3 Å². The fourth-order valence-corrected chi connectivity index (χ4v) is 3.11. The molecule has 1 amide bonds. The number of hydrogen-bond acceptors (Lipinski definition) is 5. The lowest BCUT2D eigenvalue weighted by molar-refractivity contribution is 0.0789. The van der Waals surface area contributed by atoms with E-state index in [1.807, 2.05) is 21.8 Å². The van der Waals surface area contributed by atoms with Crippen LogP contribution in [-0.2, 0) is 17.8 Å². The molecule has 0 aliphatic carbocycles. The Morgan fingerprint density at radius 2 is 2.16 bits per heavy atom. The van der Waals surface area contributed by atoms with Gasteiger partial charge in [-0.25, -0.2) is 0 Å². The zero-order valence-electron chi connectivity index (χ0n) is 14.6. The Morgan fingerprint density at radius 3 is 2.96 bits per heavy atom. The summed E-state index contributed by atoms with van der Waals surface area (Å²) < 4.78 is 7.11. The highest BCUT2D eigenvalue weighted by Gasteiger charge is 2.26. The predicted molar refractivity (Wildman–Crippen MR) is 94.1 cm³/mol. The summed E-state index contributed by atoms with van der Waals surface area (Å²) in [7, 11) is 1.71. The Morgan fingerprint density at radius 1 is 1.32 bits per heavy atom. The average molecular weight is 343 g/mol. The molecule has 7 heteroatoms. The number of likely N-dealkylation sites (tertiary alicyclic amines) is 1. The summed E-state index contributed by atoms with van der Waals surface area (Å²) in [5.74, 6) is 0.0799. The van der Waals surface area contributed by atoms with Crippen molar-refractivity contribution in [2.24, 2.45) is 0 Å². The number of amides is 1. The summed E-state index contributed by atoms with van der Waals surface area (Å²) in [6, 6.07) is 5.88. The number of pyridine rings is 1. The first kappa shape index (κ1) is 17.6. The lowest BCUT2D eigenvalue weighted by atomic mass is 10.2. The minimum Gasteiger partial charge on any atom is -0.385 e. The summed E-state index contributed by atoms with van der Waals surface area (Å²) >= 11 is 0. The van der Waals surface area contributed by atoms with Gasteiger partial charge in [-0.3, -0.25) is 14.5 Å². The number of rotatable bonds is 8. The van der Waals surface area contributed by atoms with Gasteiger partial charge in [0.05, 0.1) is 5.69 Å². The molecule has 0 bridgehead atoms. The van der Waals surface area contributed by atoms with Gasteiger partial charge in [-0.15, -0.1) is 0 Å². The van der Waals surface area contributed by atoms with Crippen molar-refractivity contribution in [3.05, 3.63) is 48.0 Å². The van der Waals surface area contributed by atoms with Crippen LogP contribution in [0.1, 0.15) is 28.9 Å². The Bertz CT molecular complexity index is 673. The quantitative estimate of drug-likeness (QED) is 0.732. The number of aryl methyl sites for hydroxylation is 1. The van der Waals surface area contributed by atoms with Gasteiger partial charge >= 0.3 is 0 Å². The normalized spacial score (nSPS) is 17.2. The lowest BCUT2D eigenvalue weighted by Crippen LogP contribution is -2.35. The maximum atomic E-state index is 12.5. The van der Waals surface area contributed by atoms with Gasteiger partial charge in [0.1, 0.15) is 0 Å². The van der Waals surface area contributed by atoms with E-state index in [2.05, 4.69) is 15.4 Å². The highest BCUT2D eigenvalue weighted by atomic mass is 16.5. The van der Waals surface area contributed by atoms with Crippen molar-refractivity contribution in [1.29, 1.82) is 0 Å². The highest BCUT2D eigenvalue weighted by Crippen LogP contribution is 2.14. The van der Waals surface area contributed by atoms with Gasteiger partial charge in [-0.1, -0.05) is 0 Å². The molecule has 0 spiro atoms. The van der Waals surface area contributed by atoms with E-state index in [4.69, 9.17) is 4.74 Å². The standard InChI is InChI=1S/C18H25N5O2/c1-25-12-2-10-23-17(5-9-21-23)13-20-16-6-11-22(14-16)18(24)15-3-7-19-8-4-15/h3-5,7-9,16,20H,2,6,10-14H2,1H3. The van der Waals surface area contributed by atoms with Crippen LogP contribution < -0.4 is 5.32 Å². The highest BCUT2D eigenvalue weighted by molar-refractivity contribution is 5.94. The molecule has 0 saturated carbocycles. The molecule has 1 aliphatic rings. The van der Waals surface area contributed by atoms with Gasteiger partial charge in [0.15, 0.2) is 0 Å². The van der Waals surface area contributed by atoms with Gasteiger partial charge in [0.25, 0.3) is 5.91 Å². The fourth-order valence-electron chi connectivity index (χ4n) is 3.11. The molecule has 1 saturated heterocycles. The number of ether oxygens (including phenoxy) is 1. The van der Waals surface area contributed by atoms with Crippen LogP contribution >= 0.6 is 0 Å². The van der Waals surface area contributed by atoms with E-state index >= 15 is 0 Å². The second-order valence-electron chi connectivity index (χ2n) is 6.25. The van der Waals surface area contributed by atoms with Gasteiger partial charge in [-0.05, 0) is 31.0 Å². The molecule has 1 fully saturated rings. The Hall–Kier alpha value is -2.25. The van der Waals surface area contributed by atoms with Crippen LogP contribution in [0.2, 0.25) is 0 Å². The van der Waals surface area contributed by atoms with Crippen molar-refractivity contribution in [2.45, 2.75) is 32.0 Å². The van der Waals surface area contributed by atoms with Crippen molar-refractivity contribution in [2.75, 3.05) is 26.8 Å². The third kappa shape index (κ3) is 4.64. The molecular formula is C18H25N5O2. The number of carbonyl (C=O) groups excluding carboxylic acids is 1. The minimum atomic E-state index is 0.0799. The fraction of sp³-hybridized carbons (Fsp3) is 0.500. The van der Waals surface area contributed by atoms with Gasteiger partial charge < -0.3 is 15.0 Å². The molecule has 3 rings (SSSR count). The molecule has 0 radical (unpaired) electrons. The molecule has 2 aromatic rings. The summed E-state index contributed by atoms with van der Waals surface area (Å²) in [6.07, 6.45) is 7.06. The second-order valence-corrected chi connectivity index (χ2v) is 6.25. The first-order chi connectivity index (χ1) is 12.3. The topological polar surface area (TPSA) is 72.3 Å². The molecule has 0 aromatic carbocycles. The monoisotopic (exact) mass is 343 g/mol. The minimum absolute atomic E-state index is 0.0799. The summed E-state index contributed by atoms with van der Waals surface area (Å²) in [4.78, 5) is 18.3. The molecule has 1 N–H and O–H groups in total. The van der Waals surface area contributed by atoms with Crippen LogP contribution in [0, 0.1) is 0 Å². The van der Waals surface area contributed by atoms with Crippen LogP contribution in [0.5, 0.6) is 0 Å². The molecular weight excluding hydrogens is 318 g/mol. The van der Waals surface area contributed by atoms with E-state index < -0.39 is 0 Å². The lowest BCUT2D eigenvalue weighted by Gasteiger charge is -2.17. The van der Waals surface area contributed by atoms with E-state index in [9.17, 15) is 4.79 Å². The smallest absolute Gasteiger partial charge is 0.254 e. The molecule has 25 heavy (non-hydrogen) atoms. The van der Waals surface area contributed by atoms with Crippen LogP contribution in [0.25, 0.3) is 0 Å². The Kier molecular flexibility index (Phi) is 6.14. The van der Waals surface area contributed by atoms with Crippen molar-refractivity contribution in [3.63, 3.8) is 0 Å². The Balaban J connectivity index is 1.48. The molecule has 3 heterocycles. The largest absolute Gasteiger partial charge is 0.385 e. The van der Waals surface area contributed by atoms with E-state index in [1.165, 1.54) is 0 Å². The maximum Gasteiger partial charge on any atom is 0.254 e. The number of nitrogens with one attached hydrogen (secondary N) is 1.